The van der Waals surface area contributed by atoms with Gasteiger partial charge in [0.1, 0.15) is 0 Å². The number of aromatic nitrogens is 1. The molecule has 1 aromatic heterocycles. The molecule has 0 saturated carbocycles. The van der Waals surface area contributed by atoms with E-state index in [1.54, 1.807) is 0 Å². The van der Waals surface area contributed by atoms with Crippen LogP contribution in [0.2, 0.25) is 0 Å². The molecule has 3 rings (SSSR count). The fraction of sp³-hybridized carbons (Fsp3) is 0.562. The number of rotatable bonds is 4. The molecule has 0 radical (unpaired) electrons. The van der Waals surface area contributed by atoms with Crippen molar-refractivity contribution in [1.29, 1.82) is 0 Å². The standard InChI is InChI=1S/C16H17F3N2O5/c17-16(18,19)9-26-12-5-10(1-3-20-12)13(22)21-6-11-7-25-4-2-15(11,8-21)14(23)24/h1,3,5,11H,2,4,6-9H2,(H,23,24)/t11-,15+/m0/s1. The molecule has 0 spiro atoms. The van der Waals surface area contributed by atoms with E-state index in [9.17, 15) is 27.9 Å². The van der Waals surface area contributed by atoms with E-state index in [2.05, 4.69) is 9.72 Å². The van der Waals surface area contributed by atoms with Crippen LogP contribution >= 0.6 is 0 Å². The summed E-state index contributed by atoms with van der Waals surface area (Å²) < 4.78 is 46.6. The van der Waals surface area contributed by atoms with Crippen LogP contribution in [0.15, 0.2) is 18.3 Å². The first kappa shape index (κ1) is 18.4. The molecule has 2 aliphatic rings. The maximum atomic E-state index is 12.7. The predicted octanol–water partition coefficient (Wildman–Crippen LogP) is 1.59. The third-order valence-electron chi connectivity index (χ3n) is 4.79. The predicted molar refractivity (Wildman–Crippen MR) is 80.7 cm³/mol. The Kier molecular flexibility index (Phi) is 4.78. The van der Waals surface area contributed by atoms with Gasteiger partial charge in [-0.15, -0.1) is 0 Å². The first-order chi connectivity index (χ1) is 12.2. The van der Waals surface area contributed by atoms with Crippen molar-refractivity contribution in [1.82, 2.24) is 9.88 Å². The van der Waals surface area contributed by atoms with E-state index >= 15 is 0 Å². The van der Waals surface area contributed by atoms with E-state index in [-0.39, 0.29) is 37.1 Å². The van der Waals surface area contributed by atoms with E-state index in [1.807, 2.05) is 0 Å². The lowest BCUT2D eigenvalue weighted by Crippen LogP contribution is -2.45. The Morgan fingerprint density at radius 2 is 2.23 bits per heavy atom. The highest BCUT2D eigenvalue weighted by Gasteiger charge is 2.55. The van der Waals surface area contributed by atoms with E-state index in [1.165, 1.54) is 17.2 Å². The summed E-state index contributed by atoms with van der Waals surface area (Å²) >= 11 is 0. The van der Waals surface area contributed by atoms with Crippen molar-refractivity contribution in [3.05, 3.63) is 23.9 Å². The van der Waals surface area contributed by atoms with Gasteiger partial charge in [-0.1, -0.05) is 0 Å². The summed E-state index contributed by atoms with van der Waals surface area (Å²) in [5.41, 5.74) is -0.950. The first-order valence-electron chi connectivity index (χ1n) is 7.97. The molecule has 1 aromatic rings. The fourth-order valence-electron chi connectivity index (χ4n) is 3.41. The van der Waals surface area contributed by atoms with Gasteiger partial charge >= 0.3 is 12.1 Å². The number of likely N-dealkylation sites (tertiary alicyclic amines) is 1. The molecule has 0 unspecified atom stereocenters. The van der Waals surface area contributed by atoms with Crippen molar-refractivity contribution in [2.75, 3.05) is 32.9 Å². The maximum absolute atomic E-state index is 12.7. The van der Waals surface area contributed by atoms with Gasteiger partial charge in [-0.25, -0.2) is 4.98 Å². The zero-order valence-electron chi connectivity index (χ0n) is 13.7. The number of halogens is 3. The van der Waals surface area contributed by atoms with Gasteiger partial charge in [0, 0.05) is 43.4 Å². The molecule has 3 heterocycles. The number of hydrogen-bond donors (Lipinski definition) is 1. The number of alkyl halides is 3. The molecule has 7 nitrogen and oxygen atoms in total. The number of aliphatic carboxylic acids is 1. The van der Waals surface area contributed by atoms with Crippen LogP contribution in [0.25, 0.3) is 0 Å². The number of nitrogens with zero attached hydrogens (tertiary/aromatic N) is 2. The van der Waals surface area contributed by atoms with Crippen molar-refractivity contribution in [2.24, 2.45) is 11.3 Å². The topological polar surface area (TPSA) is 89.0 Å². The van der Waals surface area contributed by atoms with E-state index in [0.29, 0.717) is 13.0 Å². The Labute approximate surface area is 146 Å². The number of carboxylic acids is 1. The average molecular weight is 374 g/mol. The van der Waals surface area contributed by atoms with Crippen LogP contribution in [0.4, 0.5) is 13.2 Å². The molecule has 0 aromatic carbocycles. The van der Waals surface area contributed by atoms with Gasteiger partial charge in [0.25, 0.3) is 5.91 Å². The number of carbonyl (C=O) groups excluding carboxylic acids is 1. The summed E-state index contributed by atoms with van der Waals surface area (Å²) in [7, 11) is 0. The van der Waals surface area contributed by atoms with Gasteiger partial charge in [0.15, 0.2) is 6.61 Å². The number of fused-ring (bicyclic) bond motifs is 1. The summed E-state index contributed by atoms with van der Waals surface area (Å²) in [6.45, 7) is -0.687. The van der Waals surface area contributed by atoms with Crippen molar-refractivity contribution in [2.45, 2.75) is 12.6 Å². The quantitative estimate of drug-likeness (QED) is 0.861. The van der Waals surface area contributed by atoms with Crippen LogP contribution in [-0.2, 0) is 9.53 Å². The average Bonchev–Trinajstić information content (AvgIpc) is 3.00. The molecule has 2 fully saturated rings. The number of carbonyl (C=O) groups is 2. The molecular formula is C16H17F3N2O5. The fourth-order valence-corrected chi connectivity index (χ4v) is 3.41. The van der Waals surface area contributed by atoms with Crippen molar-refractivity contribution < 1.29 is 37.3 Å². The monoisotopic (exact) mass is 374 g/mol. The Hall–Kier alpha value is -2.36. The molecule has 142 valence electrons. The number of carboxylic acid groups (broad SMARTS) is 1. The zero-order chi connectivity index (χ0) is 18.9. The normalized spacial score (nSPS) is 25.7. The van der Waals surface area contributed by atoms with E-state index < -0.39 is 30.1 Å². The van der Waals surface area contributed by atoms with Gasteiger partial charge in [0.2, 0.25) is 5.88 Å². The second-order valence-electron chi connectivity index (χ2n) is 6.46. The molecule has 2 saturated heterocycles. The van der Waals surface area contributed by atoms with Crippen molar-refractivity contribution in [3.63, 3.8) is 0 Å². The second-order valence-corrected chi connectivity index (χ2v) is 6.46. The van der Waals surface area contributed by atoms with Gasteiger partial charge in [0.05, 0.1) is 12.0 Å². The summed E-state index contributed by atoms with van der Waals surface area (Å²) in [5, 5.41) is 9.63. The lowest BCUT2D eigenvalue weighted by Gasteiger charge is -2.33. The van der Waals surface area contributed by atoms with Crippen LogP contribution in [0.5, 0.6) is 5.88 Å². The third-order valence-corrected chi connectivity index (χ3v) is 4.79. The lowest BCUT2D eigenvalue weighted by atomic mass is 9.74. The highest BCUT2D eigenvalue weighted by atomic mass is 19.4. The van der Waals surface area contributed by atoms with Gasteiger partial charge in [-0.3, -0.25) is 9.59 Å². The Morgan fingerprint density at radius 1 is 1.46 bits per heavy atom. The molecule has 2 atom stereocenters. The summed E-state index contributed by atoms with van der Waals surface area (Å²) in [5.74, 6) is -2.08. The SMILES string of the molecule is O=C(c1ccnc(OCC(F)(F)F)c1)N1C[C@H]2COCC[C@@]2(C(=O)O)C1. The molecule has 1 N–H and O–H groups in total. The van der Waals surface area contributed by atoms with Crippen molar-refractivity contribution in [3.8, 4) is 5.88 Å². The minimum absolute atomic E-state index is 0.0380. The van der Waals surface area contributed by atoms with Gasteiger partial charge in [-0.2, -0.15) is 13.2 Å². The molecular weight excluding hydrogens is 357 g/mol. The van der Waals surface area contributed by atoms with E-state index in [4.69, 9.17) is 4.74 Å². The first-order valence-corrected chi connectivity index (χ1v) is 7.97. The third kappa shape index (κ3) is 3.59. The van der Waals surface area contributed by atoms with Crippen molar-refractivity contribution >= 4 is 11.9 Å². The van der Waals surface area contributed by atoms with Crippen LogP contribution < -0.4 is 4.74 Å². The molecule has 26 heavy (non-hydrogen) atoms. The van der Waals surface area contributed by atoms with Crippen LogP contribution in [0.1, 0.15) is 16.8 Å². The number of hydrogen-bond acceptors (Lipinski definition) is 5. The number of ether oxygens (including phenoxy) is 2. The lowest BCUT2D eigenvalue weighted by molar-refractivity contribution is -0.157. The summed E-state index contributed by atoms with van der Waals surface area (Å²) in [6, 6.07) is 2.48. The summed E-state index contributed by atoms with van der Waals surface area (Å²) in [6.07, 6.45) is -3.02. The molecule has 2 aliphatic heterocycles. The van der Waals surface area contributed by atoms with Crippen LogP contribution in [0.3, 0.4) is 0 Å². The highest BCUT2D eigenvalue weighted by Crippen LogP contribution is 2.42. The van der Waals surface area contributed by atoms with Gasteiger partial charge < -0.3 is 19.5 Å². The number of pyridine rings is 1. The minimum atomic E-state index is -4.51. The minimum Gasteiger partial charge on any atom is -0.481 e. The molecule has 0 aliphatic carbocycles. The smallest absolute Gasteiger partial charge is 0.422 e. The Balaban J connectivity index is 1.75. The highest BCUT2D eigenvalue weighted by molar-refractivity contribution is 5.95. The van der Waals surface area contributed by atoms with Crippen LogP contribution in [0, 0.1) is 11.3 Å². The molecule has 10 heteroatoms. The molecule has 0 bridgehead atoms. The Morgan fingerprint density at radius 3 is 2.88 bits per heavy atom. The number of amides is 1. The largest absolute Gasteiger partial charge is 0.481 e. The van der Waals surface area contributed by atoms with E-state index in [0.717, 1.165) is 6.07 Å². The van der Waals surface area contributed by atoms with Crippen LogP contribution in [-0.4, -0.2) is 66.0 Å². The van der Waals surface area contributed by atoms with Gasteiger partial charge in [-0.05, 0) is 12.5 Å². The summed E-state index contributed by atoms with van der Waals surface area (Å²) in [4.78, 5) is 29.5. The second kappa shape index (κ2) is 6.75. The zero-order valence-corrected chi connectivity index (χ0v) is 13.7. The maximum Gasteiger partial charge on any atom is 0.422 e. The Bertz CT molecular complexity index is 711. The molecule has 1 amide bonds.